The third kappa shape index (κ3) is 1.69. The van der Waals surface area contributed by atoms with Crippen LogP contribution in [-0.2, 0) is 11.8 Å². The first-order valence-electron chi connectivity index (χ1n) is 4.35. The monoisotopic (exact) mass is 241 g/mol. The minimum absolute atomic E-state index is 0.149. The predicted molar refractivity (Wildman–Crippen MR) is 55.6 cm³/mol. The first-order valence-corrected chi connectivity index (χ1v) is 5.23. The lowest BCUT2D eigenvalue weighted by molar-refractivity contribution is 0.0588. The van der Waals surface area contributed by atoms with Crippen molar-refractivity contribution in [3.8, 4) is 11.4 Å². The number of hydrogen-bond acceptors (Lipinski definition) is 5. The number of thiazole rings is 1. The Morgan fingerprint density at radius 1 is 1.62 bits per heavy atom. The summed E-state index contributed by atoms with van der Waals surface area (Å²) in [6.07, 6.45) is 0. The summed E-state index contributed by atoms with van der Waals surface area (Å²) in [7, 11) is 2.86. The molecule has 5 nitrogen and oxygen atoms in total. The standard InChI is InChI=1S/C9H8FN3O2S/c1-13-6(9(14)15-2)3-5(12-13)7-8(10)16-4-11-7/h3-4H,1-2H3. The van der Waals surface area contributed by atoms with Crippen LogP contribution in [0.2, 0.25) is 0 Å². The maximum Gasteiger partial charge on any atom is 0.356 e. The average molecular weight is 241 g/mol. The number of halogens is 1. The van der Waals surface area contributed by atoms with Crippen LogP contribution in [0.3, 0.4) is 0 Å². The van der Waals surface area contributed by atoms with Crippen molar-refractivity contribution in [1.29, 1.82) is 0 Å². The van der Waals surface area contributed by atoms with E-state index in [4.69, 9.17) is 0 Å². The maximum atomic E-state index is 13.2. The Balaban J connectivity index is 2.46. The molecule has 84 valence electrons. The Kier molecular flexibility index (Phi) is 2.69. The summed E-state index contributed by atoms with van der Waals surface area (Å²) in [4.78, 5) is 15.1. The molecule has 16 heavy (non-hydrogen) atoms. The zero-order valence-corrected chi connectivity index (χ0v) is 9.42. The second-order valence-electron chi connectivity index (χ2n) is 3.00. The Morgan fingerprint density at radius 2 is 2.38 bits per heavy atom. The van der Waals surface area contributed by atoms with Gasteiger partial charge in [-0.25, -0.2) is 9.78 Å². The predicted octanol–water partition coefficient (Wildman–Crippen LogP) is 1.47. The zero-order chi connectivity index (χ0) is 11.7. The number of nitrogens with zero attached hydrogens (tertiary/aromatic N) is 3. The van der Waals surface area contributed by atoms with Gasteiger partial charge in [0.15, 0.2) is 0 Å². The number of aryl methyl sites for hydroxylation is 1. The third-order valence-electron chi connectivity index (χ3n) is 2.04. The molecule has 0 bridgehead atoms. The van der Waals surface area contributed by atoms with Crippen molar-refractivity contribution in [2.45, 2.75) is 0 Å². The molecule has 7 heteroatoms. The summed E-state index contributed by atoms with van der Waals surface area (Å²) in [5.41, 5.74) is 2.11. The van der Waals surface area contributed by atoms with E-state index < -0.39 is 11.1 Å². The normalized spacial score (nSPS) is 10.4. The number of rotatable bonds is 2. The van der Waals surface area contributed by atoms with E-state index in [0.29, 0.717) is 5.69 Å². The molecule has 2 heterocycles. The molecule has 2 aromatic rings. The van der Waals surface area contributed by atoms with Crippen molar-refractivity contribution in [1.82, 2.24) is 14.8 Å². The number of carbonyl (C=O) groups is 1. The molecule has 0 radical (unpaired) electrons. The Bertz CT molecular complexity index is 535. The van der Waals surface area contributed by atoms with Crippen LogP contribution in [0.15, 0.2) is 11.6 Å². The van der Waals surface area contributed by atoms with Gasteiger partial charge in [0.1, 0.15) is 17.1 Å². The van der Waals surface area contributed by atoms with Crippen LogP contribution in [0.5, 0.6) is 0 Å². The van der Waals surface area contributed by atoms with Gasteiger partial charge in [0, 0.05) is 13.1 Å². The highest BCUT2D eigenvalue weighted by Gasteiger charge is 2.17. The summed E-state index contributed by atoms with van der Waals surface area (Å²) < 4.78 is 19.1. The smallest absolute Gasteiger partial charge is 0.356 e. The van der Waals surface area contributed by atoms with E-state index in [1.54, 1.807) is 7.05 Å². The first kappa shape index (κ1) is 10.7. The van der Waals surface area contributed by atoms with E-state index in [0.717, 1.165) is 11.3 Å². The number of methoxy groups -OCH3 is 1. The molecule has 0 aromatic carbocycles. The van der Waals surface area contributed by atoms with Crippen LogP contribution in [0.4, 0.5) is 4.39 Å². The average Bonchev–Trinajstić information content (AvgIpc) is 2.83. The van der Waals surface area contributed by atoms with E-state index in [9.17, 15) is 9.18 Å². The van der Waals surface area contributed by atoms with Gasteiger partial charge in [-0.2, -0.15) is 9.49 Å². The summed E-state index contributed by atoms with van der Waals surface area (Å²) in [6.45, 7) is 0. The quantitative estimate of drug-likeness (QED) is 0.747. The van der Waals surface area contributed by atoms with Crippen molar-refractivity contribution >= 4 is 17.3 Å². The fourth-order valence-electron chi connectivity index (χ4n) is 1.28. The molecule has 0 atom stereocenters. The van der Waals surface area contributed by atoms with Gasteiger partial charge >= 0.3 is 5.97 Å². The number of aromatic nitrogens is 3. The third-order valence-corrected chi connectivity index (χ3v) is 2.65. The maximum absolute atomic E-state index is 13.2. The van der Waals surface area contributed by atoms with Gasteiger partial charge in [0.25, 0.3) is 0 Å². The molecule has 0 saturated heterocycles. The first-order chi connectivity index (χ1) is 7.63. The number of ether oxygens (including phenoxy) is 1. The second-order valence-corrected chi connectivity index (χ2v) is 3.81. The molecule has 0 amide bonds. The molecule has 0 fully saturated rings. The van der Waals surface area contributed by atoms with Crippen molar-refractivity contribution in [3.63, 3.8) is 0 Å². The SMILES string of the molecule is COC(=O)c1cc(-c2ncsc2F)nn1C. The lowest BCUT2D eigenvalue weighted by Gasteiger charge is -1.96. The summed E-state index contributed by atoms with van der Waals surface area (Å²) in [5, 5.41) is 3.58. The van der Waals surface area contributed by atoms with E-state index in [2.05, 4.69) is 14.8 Å². The minimum Gasteiger partial charge on any atom is -0.464 e. The van der Waals surface area contributed by atoms with Crippen LogP contribution < -0.4 is 0 Å². The molecule has 0 spiro atoms. The van der Waals surface area contributed by atoms with Crippen molar-refractivity contribution < 1.29 is 13.9 Å². The van der Waals surface area contributed by atoms with Crippen LogP contribution >= 0.6 is 11.3 Å². The van der Waals surface area contributed by atoms with Crippen LogP contribution in [0.1, 0.15) is 10.5 Å². The zero-order valence-electron chi connectivity index (χ0n) is 8.60. The topological polar surface area (TPSA) is 57.0 Å². The Morgan fingerprint density at radius 3 is 2.94 bits per heavy atom. The van der Waals surface area contributed by atoms with Crippen LogP contribution in [0.25, 0.3) is 11.4 Å². The van der Waals surface area contributed by atoms with Crippen molar-refractivity contribution in [3.05, 3.63) is 22.4 Å². The van der Waals surface area contributed by atoms with Crippen molar-refractivity contribution in [2.75, 3.05) is 7.11 Å². The fraction of sp³-hybridized carbons (Fsp3) is 0.222. The fourth-order valence-corrected chi connectivity index (χ4v) is 1.80. The Labute approximate surface area is 94.5 Å². The highest BCUT2D eigenvalue weighted by atomic mass is 32.1. The van der Waals surface area contributed by atoms with Gasteiger partial charge in [0.2, 0.25) is 5.13 Å². The lowest BCUT2D eigenvalue weighted by Crippen LogP contribution is -2.07. The number of esters is 1. The molecular weight excluding hydrogens is 233 g/mol. The molecule has 0 N–H and O–H groups in total. The molecule has 0 unspecified atom stereocenters. The molecule has 2 aromatic heterocycles. The second kappa shape index (κ2) is 4.01. The molecule has 0 aliphatic carbocycles. The molecule has 0 saturated carbocycles. The van der Waals surface area contributed by atoms with E-state index >= 15 is 0 Å². The van der Waals surface area contributed by atoms with Gasteiger partial charge in [-0.1, -0.05) is 11.3 Å². The number of carbonyl (C=O) groups excluding carboxylic acids is 1. The largest absolute Gasteiger partial charge is 0.464 e. The van der Waals surface area contributed by atoms with E-state index in [-0.39, 0.29) is 11.4 Å². The summed E-state index contributed by atoms with van der Waals surface area (Å²) in [5.74, 6) is -0.517. The lowest BCUT2D eigenvalue weighted by atomic mass is 10.3. The van der Waals surface area contributed by atoms with Crippen LogP contribution in [0, 0.1) is 5.13 Å². The van der Waals surface area contributed by atoms with Gasteiger partial charge in [-0.15, -0.1) is 0 Å². The van der Waals surface area contributed by atoms with E-state index in [1.807, 2.05) is 0 Å². The molecule has 0 aliphatic rings. The highest BCUT2D eigenvalue weighted by molar-refractivity contribution is 7.08. The summed E-state index contributed by atoms with van der Waals surface area (Å²) in [6, 6.07) is 1.45. The molecular formula is C9H8FN3O2S. The minimum atomic E-state index is -0.517. The van der Waals surface area contributed by atoms with Crippen LogP contribution in [-0.4, -0.2) is 27.8 Å². The van der Waals surface area contributed by atoms with E-state index in [1.165, 1.54) is 23.4 Å². The molecule has 0 aliphatic heterocycles. The highest BCUT2D eigenvalue weighted by Crippen LogP contribution is 2.23. The number of hydrogen-bond donors (Lipinski definition) is 0. The van der Waals surface area contributed by atoms with Gasteiger partial charge in [-0.3, -0.25) is 4.68 Å². The van der Waals surface area contributed by atoms with Gasteiger partial charge < -0.3 is 4.74 Å². The molecule has 2 rings (SSSR count). The summed E-state index contributed by atoms with van der Waals surface area (Å²) >= 11 is 0.885. The Hall–Kier alpha value is -1.76. The van der Waals surface area contributed by atoms with Crippen molar-refractivity contribution in [2.24, 2.45) is 7.05 Å². The van der Waals surface area contributed by atoms with Gasteiger partial charge in [0.05, 0.1) is 12.6 Å². The van der Waals surface area contributed by atoms with Gasteiger partial charge in [-0.05, 0) is 0 Å².